The number of amides is 2. The molecule has 0 aliphatic carbocycles. The minimum absolute atomic E-state index is 0.0274. The lowest BCUT2D eigenvalue weighted by molar-refractivity contribution is -0.134. The van der Waals surface area contributed by atoms with Crippen molar-refractivity contribution in [2.75, 3.05) is 24.5 Å². The van der Waals surface area contributed by atoms with E-state index in [1.165, 1.54) is 11.2 Å². The van der Waals surface area contributed by atoms with Gasteiger partial charge in [0.25, 0.3) is 5.91 Å². The van der Waals surface area contributed by atoms with Gasteiger partial charge in [0.15, 0.2) is 6.10 Å². The summed E-state index contributed by atoms with van der Waals surface area (Å²) in [5.41, 5.74) is 1.07. The summed E-state index contributed by atoms with van der Waals surface area (Å²) in [5.74, 6) is 1.28. The van der Waals surface area contributed by atoms with Gasteiger partial charge >= 0.3 is 0 Å². The summed E-state index contributed by atoms with van der Waals surface area (Å²) in [4.78, 5) is 29.3. The monoisotopic (exact) mass is 412 g/mol. The second-order valence-corrected chi connectivity index (χ2v) is 8.15. The number of fused-ring (bicyclic) bond motifs is 1. The molecule has 2 aromatic rings. The second kappa shape index (κ2) is 8.52. The fraction of sp³-hybridized carbons (Fsp3) is 0.478. The van der Waals surface area contributed by atoms with Gasteiger partial charge in [0, 0.05) is 13.1 Å². The molecule has 1 saturated heterocycles. The van der Waals surface area contributed by atoms with Gasteiger partial charge in [-0.25, -0.2) is 0 Å². The van der Waals surface area contributed by atoms with Gasteiger partial charge in [-0.3, -0.25) is 14.5 Å². The Bertz CT molecular complexity index is 902. The van der Waals surface area contributed by atoms with Crippen LogP contribution in [0.2, 0.25) is 0 Å². The first-order chi connectivity index (χ1) is 14.5. The van der Waals surface area contributed by atoms with Crippen LogP contribution in [0, 0.1) is 5.92 Å². The van der Waals surface area contributed by atoms with Crippen LogP contribution in [0.25, 0.3) is 0 Å². The summed E-state index contributed by atoms with van der Waals surface area (Å²) in [6.07, 6.45) is 2.39. The number of nitrogens with zero attached hydrogens (tertiary/aromatic N) is 2. The SMILES string of the molecule is CC[C@H]1Oc2ccc([C@H](O)c3ccco3)cc2N(CC(=O)N2CCC(C)CC2)C1=O. The molecule has 1 aromatic heterocycles. The van der Waals surface area contributed by atoms with Gasteiger partial charge in [0.2, 0.25) is 5.91 Å². The van der Waals surface area contributed by atoms with Crippen molar-refractivity contribution in [1.82, 2.24) is 4.90 Å². The molecule has 0 unspecified atom stereocenters. The number of anilines is 1. The predicted octanol–water partition coefficient (Wildman–Crippen LogP) is 3.12. The Morgan fingerprint density at radius 3 is 2.70 bits per heavy atom. The van der Waals surface area contributed by atoms with Crippen LogP contribution in [0.5, 0.6) is 5.75 Å². The van der Waals surface area contributed by atoms with Crippen LogP contribution in [0.1, 0.15) is 50.5 Å². The molecule has 0 spiro atoms. The zero-order chi connectivity index (χ0) is 21.3. The van der Waals surface area contributed by atoms with E-state index < -0.39 is 12.2 Å². The molecule has 0 radical (unpaired) electrons. The predicted molar refractivity (Wildman–Crippen MR) is 111 cm³/mol. The van der Waals surface area contributed by atoms with Crippen LogP contribution >= 0.6 is 0 Å². The summed E-state index contributed by atoms with van der Waals surface area (Å²) in [7, 11) is 0. The minimum atomic E-state index is -0.967. The summed E-state index contributed by atoms with van der Waals surface area (Å²) < 4.78 is 11.2. The van der Waals surface area contributed by atoms with Crippen molar-refractivity contribution in [3.63, 3.8) is 0 Å². The standard InChI is InChI=1S/C23H28N2O5/c1-3-18-23(28)25(14-21(26)24-10-8-15(2)9-11-24)17-13-16(6-7-19(17)30-18)22(27)20-5-4-12-29-20/h4-7,12-13,15,18,22,27H,3,8-11,14H2,1-2H3/t18-,22+/m1/s1. The summed E-state index contributed by atoms with van der Waals surface area (Å²) in [6, 6.07) is 8.60. The van der Waals surface area contributed by atoms with E-state index in [2.05, 4.69) is 6.92 Å². The van der Waals surface area contributed by atoms with Crippen molar-refractivity contribution in [3.8, 4) is 5.75 Å². The number of ether oxygens (including phenoxy) is 1. The molecule has 4 rings (SSSR count). The van der Waals surface area contributed by atoms with E-state index in [-0.39, 0.29) is 18.4 Å². The van der Waals surface area contributed by atoms with E-state index in [1.54, 1.807) is 30.3 Å². The van der Waals surface area contributed by atoms with Gasteiger partial charge in [0.1, 0.15) is 24.2 Å². The van der Waals surface area contributed by atoms with E-state index in [4.69, 9.17) is 9.15 Å². The highest BCUT2D eigenvalue weighted by Crippen LogP contribution is 2.38. The van der Waals surface area contributed by atoms with Crippen molar-refractivity contribution in [3.05, 3.63) is 47.9 Å². The highest BCUT2D eigenvalue weighted by Gasteiger charge is 2.36. The first-order valence-electron chi connectivity index (χ1n) is 10.6. The highest BCUT2D eigenvalue weighted by molar-refractivity contribution is 6.04. The second-order valence-electron chi connectivity index (χ2n) is 8.15. The van der Waals surface area contributed by atoms with Crippen molar-refractivity contribution >= 4 is 17.5 Å². The number of carbonyl (C=O) groups is 2. The summed E-state index contributed by atoms with van der Waals surface area (Å²) >= 11 is 0. The average Bonchev–Trinajstić information content (AvgIpc) is 3.30. The fourth-order valence-corrected chi connectivity index (χ4v) is 4.04. The number of piperidine rings is 1. The van der Waals surface area contributed by atoms with Crippen LogP contribution in [0.3, 0.4) is 0 Å². The van der Waals surface area contributed by atoms with E-state index >= 15 is 0 Å². The molecule has 1 fully saturated rings. The normalized spacial score (nSPS) is 20.6. The van der Waals surface area contributed by atoms with Crippen LogP contribution in [-0.2, 0) is 9.59 Å². The Morgan fingerprint density at radius 2 is 2.03 bits per heavy atom. The number of furan rings is 1. The quantitative estimate of drug-likeness (QED) is 0.816. The molecule has 2 atom stereocenters. The minimum Gasteiger partial charge on any atom is -0.478 e. The van der Waals surface area contributed by atoms with Gasteiger partial charge in [-0.05, 0) is 55.0 Å². The molecule has 1 N–H and O–H groups in total. The van der Waals surface area contributed by atoms with Gasteiger partial charge in [-0.1, -0.05) is 19.9 Å². The van der Waals surface area contributed by atoms with Crippen molar-refractivity contribution in [2.24, 2.45) is 5.92 Å². The average molecular weight is 412 g/mol. The molecule has 0 saturated carbocycles. The number of rotatable bonds is 5. The molecule has 160 valence electrons. The largest absolute Gasteiger partial charge is 0.478 e. The molecule has 3 heterocycles. The Kier molecular flexibility index (Phi) is 5.81. The Hall–Kier alpha value is -2.80. The van der Waals surface area contributed by atoms with Crippen molar-refractivity contribution < 1.29 is 23.8 Å². The molecular weight excluding hydrogens is 384 g/mol. The third kappa shape index (κ3) is 3.94. The topological polar surface area (TPSA) is 83.2 Å². The zero-order valence-electron chi connectivity index (χ0n) is 17.4. The Balaban J connectivity index is 1.61. The summed E-state index contributed by atoms with van der Waals surface area (Å²) in [5, 5.41) is 10.6. The van der Waals surface area contributed by atoms with Crippen LogP contribution in [0.15, 0.2) is 41.0 Å². The zero-order valence-corrected chi connectivity index (χ0v) is 17.4. The lowest BCUT2D eigenvalue weighted by atomic mass is 9.99. The fourth-order valence-electron chi connectivity index (χ4n) is 4.04. The number of hydrogen-bond acceptors (Lipinski definition) is 5. The molecule has 2 aliphatic heterocycles. The first kappa shape index (κ1) is 20.5. The molecule has 30 heavy (non-hydrogen) atoms. The third-order valence-corrected chi connectivity index (χ3v) is 6.01. The first-order valence-corrected chi connectivity index (χ1v) is 10.6. The molecule has 1 aromatic carbocycles. The maximum Gasteiger partial charge on any atom is 0.268 e. The van der Waals surface area contributed by atoms with Crippen molar-refractivity contribution in [2.45, 2.75) is 45.3 Å². The maximum atomic E-state index is 13.0. The Labute approximate surface area is 176 Å². The van der Waals surface area contributed by atoms with Gasteiger partial charge in [-0.15, -0.1) is 0 Å². The lowest BCUT2D eigenvalue weighted by Gasteiger charge is -2.36. The maximum absolute atomic E-state index is 13.0. The molecule has 2 amide bonds. The smallest absolute Gasteiger partial charge is 0.268 e. The van der Waals surface area contributed by atoms with Gasteiger partial charge < -0.3 is 19.2 Å². The van der Waals surface area contributed by atoms with E-state index in [0.29, 0.717) is 35.1 Å². The van der Waals surface area contributed by atoms with Crippen molar-refractivity contribution in [1.29, 1.82) is 0 Å². The third-order valence-electron chi connectivity index (χ3n) is 6.01. The number of benzene rings is 1. The molecule has 7 nitrogen and oxygen atoms in total. The number of aliphatic hydroxyl groups is 1. The molecular formula is C23H28N2O5. The number of aliphatic hydroxyl groups excluding tert-OH is 1. The Morgan fingerprint density at radius 1 is 1.27 bits per heavy atom. The number of hydrogen-bond donors (Lipinski definition) is 1. The van der Waals surface area contributed by atoms with E-state index in [1.807, 2.05) is 11.8 Å². The molecule has 7 heteroatoms. The van der Waals surface area contributed by atoms with Gasteiger partial charge in [-0.2, -0.15) is 0 Å². The highest BCUT2D eigenvalue weighted by atomic mass is 16.5. The number of carbonyl (C=O) groups excluding carboxylic acids is 2. The molecule has 0 bridgehead atoms. The lowest BCUT2D eigenvalue weighted by Crippen LogP contribution is -2.51. The molecule has 2 aliphatic rings. The van der Waals surface area contributed by atoms with Crippen LogP contribution < -0.4 is 9.64 Å². The number of likely N-dealkylation sites (tertiary alicyclic amines) is 1. The summed E-state index contributed by atoms with van der Waals surface area (Å²) in [6.45, 7) is 5.50. The van der Waals surface area contributed by atoms with Crippen LogP contribution in [-0.4, -0.2) is 47.6 Å². The van der Waals surface area contributed by atoms with Crippen LogP contribution in [0.4, 0.5) is 5.69 Å². The van der Waals surface area contributed by atoms with E-state index in [0.717, 1.165) is 25.9 Å². The van der Waals surface area contributed by atoms with Gasteiger partial charge in [0.05, 0.1) is 12.0 Å². The van der Waals surface area contributed by atoms with E-state index in [9.17, 15) is 14.7 Å².